The second-order valence-corrected chi connectivity index (χ2v) is 5.29. The number of hydrazone groups is 1. The van der Waals surface area contributed by atoms with E-state index in [2.05, 4.69) is 20.7 Å². The Morgan fingerprint density at radius 1 is 1.21 bits per heavy atom. The van der Waals surface area contributed by atoms with Gasteiger partial charge >= 0.3 is 0 Å². The minimum absolute atomic E-state index is 0.0960. The fraction of sp³-hybridized carbons (Fsp3) is 0.0556. The van der Waals surface area contributed by atoms with E-state index in [0.29, 0.717) is 17.0 Å². The predicted molar refractivity (Wildman–Crippen MR) is 91.9 cm³/mol. The number of amides is 1. The van der Waals surface area contributed by atoms with Gasteiger partial charge in [-0.3, -0.25) is 9.89 Å². The second kappa shape index (κ2) is 6.78. The van der Waals surface area contributed by atoms with Gasteiger partial charge in [-0.2, -0.15) is 10.2 Å². The third kappa shape index (κ3) is 3.49. The first-order valence-electron chi connectivity index (χ1n) is 7.37. The molecule has 0 aliphatic carbocycles. The summed E-state index contributed by atoms with van der Waals surface area (Å²) >= 11 is 0. The number of phenols is 1. The summed E-state index contributed by atoms with van der Waals surface area (Å²) in [6.45, 7) is 2.01. The standard InChI is InChI=1S/C18H16N4O2/c1-12-6-8-13(9-7-12)15-10-16(21-20-15)18(24)22-19-11-14-4-2-3-5-17(14)23/h2-11,23H,1H3,(H,20,21)(H,22,24)/b19-11-. The number of rotatable bonds is 4. The minimum atomic E-state index is -0.410. The van der Waals surface area contributed by atoms with Crippen LogP contribution in [0.15, 0.2) is 59.7 Å². The van der Waals surface area contributed by atoms with Crippen molar-refractivity contribution in [3.05, 3.63) is 71.4 Å². The molecule has 0 aliphatic heterocycles. The van der Waals surface area contributed by atoms with E-state index in [0.717, 1.165) is 11.1 Å². The summed E-state index contributed by atoms with van der Waals surface area (Å²) in [4.78, 5) is 12.1. The molecule has 0 unspecified atom stereocenters. The highest BCUT2D eigenvalue weighted by Gasteiger charge is 2.10. The Hall–Kier alpha value is -3.41. The van der Waals surface area contributed by atoms with E-state index in [-0.39, 0.29) is 5.75 Å². The normalized spacial score (nSPS) is 10.9. The van der Waals surface area contributed by atoms with E-state index in [1.165, 1.54) is 6.21 Å². The lowest BCUT2D eigenvalue weighted by atomic mass is 10.1. The summed E-state index contributed by atoms with van der Waals surface area (Å²) in [6.07, 6.45) is 1.38. The van der Waals surface area contributed by atoms with Crippen LogP contribution in [0.25, 0.3) is 11.3 Å². The van der Waals surface area contributed by atoms with Gasteiger partial charge in [-0.05, 0) is 25.1 Å². The zero-order valence-electron chi connectivity index (χ0n) is 13.0. The van der Waals surface area contributed by atoms with Crippen molar-refractivity contribution < 1.29 is 9.90 Å². The average Bonchev–Trinajstić information content (AvgIpc) is 3.07. The van der Waals surface area contributed by atoms with Crippen molar-refractivity contribution in [1.82, 2.24) is 15.6 Å². The number of hydrogen-bond acceptors (Lipinski definition) is 4. The number of carbonyl (C=O) groups is 1. The maximum atomic E-state index is 12.1. The number of aromatic hydroxyl groups is 1. The van der Waals surface area contributed by atoms with Crippen LogP contribution in [0.2, 0.25) is 0 Å². The molecule has 2 aromatic carbocycles. The lowest BCUT2D eigenvalue weighted by Crippen LogP contribution is -2.18. The van der Waals surface area contributed by atoms with Gasteiger partial charge < -0.3 is 5.11 Å². The maximum absolute atomic E-state index is 12.1. The predicted octanol–water partition coefficient (Wildman–Crippen LogP) is 2.85. The molecule has 3 aromatic rings. The number of nitrogens with one attached hydrogen (secondary N) is 2. The highest BCUT2D eigenvalue weighted by molar-refractivity contribution is 5.94. The minimum Gasteiger partial charge on any atom is -0.507 e. The summed E-state index contributed by atoms with van der Waals surface area (Å²) in [7, 11) is 0. The van der Waals surface area contributed by atoms with Gasteiger partial charge in [0.05, 0.1) is 11.9 Å². The van der Waals surface area contributed by atoms with Gasteiger partial charge in [0.2, 0.25) is 0 Å². The van der Waals surface area contributed by atoms with E-state index in [1.54, 1.807) is 30.3 Å². The number of aryl methyl sites for hydroxylation is 1. The molecule has 0 saturated carbocycles. The SMILES string of the molecule is Cc1ccc(-c2cc(C(=O)N/N=C\c3ccccc3O)[nH]n2)cc1. The Morgan fingerprint density at radius 3 is 2.71 bits per heavy atom. The van der Waals surface area contributed by atoms with E-state index < -0.39 is 5.91 Å². The van der Waals surface area contributed by atoms with Gasteiger partial charge in [0.25, 0.3) is 5.91 Å². The summed E-state index contributed by atoms with van der Waals surface area (Å²) in [5.74, 6) is -0.314. The number of carbonyl (C=O) groups excluding carboxylic acids is 1. The molecule has 0 atom stereocenters. The number of aromatic nitrogens is 2. The van der Waals surface area contributed by atoms with Crippen LogP contribution in [-0.2, 0) is 0 Å². The summed E-state index contributed by atoms with van der Waals surface area (Å²) in [6, 6.07) is 16.3. The van der Waals surface area contributed by atoms with Crippen molar-refractivity contribution >= 4 is 12.1 Å². The van der Waals surface area contributed by atoms with Gasteiger partial charge in [-0.25, -0.2) is 5.43 Å². The summed E-state index contributed by atoms with van der Waals surface area (Å²) in [5, 5.41) is 20.3. The maximum Gasteiger partial charge on any atom is 0.289 e. The fourth-order valence-electron chi connectivity index (χ4n) is 2.13. The highest BCUT2D eigenvalue weighted by Crippen LogP contribution is 2.18. The van der Waals surface area contributed by atoms with E-state index >= 15 is 0 Å². The first kappa shape index (κ1) is 15.5. The number of aromatic amines is 1. The molecule has 3 rings (SSSR count). The molecule has 0 fully saturated rings. The third-order valence-corrected chi connectivity index (χ3v) is 3.48. The zero-order valence-corrected chi connectivity index (χ0v) is 13.0. The molecular formula is C18H16N4O2. The monoisotopic (exact) mass is 320 g/mol. The number of para-hydroxylation sites is 1. The largest absolute Gasteiger partial charge is 0.507 e. The van der Waals surface area contributed by atoms with Crippen LogP contribution in [-0.4, -0.2) is 27.4 Å². The lowest BCUT2D eigenvalue weighted by molar-refractivity contribution is 0.0950. The van der Waals surface area contributed by atoms with Gasteiger partial charge in [0.15, 0.2) is 0 Å². The molecule has 6 nitrogen and oxygen atoms in total. The topological polar surface area (TPSA) is 90.4 Å². The number of phenolic OH excluding ortho intramolecular Hbond substituents is 1. The van der Waals surface area contributed by atoms with Crippen LogP contribution in [0, 0.1) is 6.92 Å². The molecule has 6 heteroatoms. The molecule has 0 saturated heterocycles. The van der Waals surface area contributed by atoms with Crippen LogP contribution >= 0.6 is 0 Å². The van der Waals surface area contributed by atoms with Crippen LogP contribution < -0.4 is 5.43 Å². The molecule has 1 heterocycles. The number of H-pyrrole nitrogens is 1. The number of benzene rings is 2. The molecule has 1 aromatic heterocycles. The fourth-order valence-corrected chi connectivity index (χ4v) is 2.13. The number of nitrogens with zero attached hydrogens (tertiary/aromatic N) is 2. The molecule has 120 valence electrons. The molecular weight excluding hydrogens is 304 g/mol. The van der Waals surface area contributed by atoms with Gasteiger partial charge in [0, 0.05) is 11.1 Å². The van der Waals surface area contributed by atoms with Gasteiger partial charge in [-0.15, -0.1) is 0 Å². The lowest BCUT2D eigenvalue weighted by Gasteiger charge is -1.98. The van der Waals surface area contributed by atoms with Crippen LogP contribution in [0.5, 0.6) is 5.75 Å². The third-order valence-electron chi connectivity index (χ3n) is 3.48. The van der Waals surface area contributed by atoms with E-state index in [1.807, 2.05) is 31.2 Å². The van der Waals surface area contributed by atoms with Crippen LogP contribution in [0.1, 0.15) is 21.6 Å². The Labute approximate surface area is 138 Å². The van der Waals surface area contributed by atoms with Gasteiger partial charge in [-0.1, -0.05) is 42.0 Å². The van der Waals surface area contributed by atoms with Gasteiger partial charge in [0.1, 0.15) is 11.4 Å². The molecule has 24 heavy (non-hydrogen) atoms. The van der Waals surface area contributed by atoms with Crippen molar-refractivity contribution in [1.29, 1.82) is 0 Å². The van der Waals surface area contributed by atoms with E-state index in [4.69, 9.17) is 0 Å². The molecule has 0 radical (unpaired) electrons. The van der Waals surface area contributed by atoms with Crippen LogP contribution in [0.4, 0.5) is 0 Å². The Kier molecular flexibility index (Phi) is 4.38. The molecule has 1 amide bonds. The Balaban J connectivity index is 1.68. The molecule has 0 bridgehead atoms. The summed E-state index contributed by atoms with van der Waals surface area (Å²) < 4.78 is 0. The number of hydrogen-bond donors (Lipinski definition) is 3. The van der Waals surface area contributed by atoms with E-state index in [9.17, 15) is 9.90 Å². The van der Waals surface area contributed by atoms with Crippen molar-refractivity contribution in [2.24, 2.45) is 5.10 Å². The van der Waals surface area contributed by atoms with Crippen molar-refractivity contribution in [3.8, 4) is 17.0 Å². The van der Waals surface area contributed by atoms with Crippen LogP contribution in [0.3, 0.4) is 0 Å². The molecule has 0 spiro atoms. The van der Waals surface area contributed by atoms with Crippen molar-refractivity contribution in [2.45, 2.75) is 6.92 Å². The zero-order chi connectivity index (χ0) is 16.9. The van der Waals surface area contributed by atoms with Crippen molar-refractivity contribution in [3.63, 3.8) is 0 Å². The summed E-state index contributed by atoms with van der Waals surface area (Å²) in [5.41, 5.74) is 5.99. The molecule has 0 aliphatic rings. The van der Waals surface area contributed by atoms with Crippen molar-refractivity contribution in [2.75, 3.05) is 0 Å². The highest BCUT2D eigenvalue weighted by atomic mass is 16.3. The second-order valence-electron chi connectivity index (χ2n) is 5.29. The average molecular weight is 320 g/mol. The molecule has 3 N–H and O–H groups in total. The smallest absolute Gasteiger partial charge is 0.289 e. The Bertz CT molecular complexity index is 882. The quantitative estimate of drug-likeness (QED) is 0.510. The first-order chi connectivity index (χ1) is 11.6. The Morgan fingerprint density at radius 2 is 1.96 bits per heavy atom. The first-order valence-corrected chi connectivity index (χ1v) is 7.37.